The van der Waals surface area contributed by atoms with Crippen molar-refractivity contribution in [2.24, 2.45) is 0 Å². The molecular weight excluding hydrogens is 272 g/mol. The topological polar surface area (TPSA) is 56.0 Å². The summed E-state index contributed by atoms with van der Waals surface area (Å²) in [6, 6.07) is 14.7. The second-order valence-electron chi connectivity index (χ2n) is 4.72. The average molecular weight is 287 g/mol. The van der Waals surface area contributed by atoms with Crippen molar-refractivity contribution in [3.63, 3.8) is 0 Å². The van der Waals surface area contributed by atoms with Crippen LogP contribution < -0.4 is 5.32 Å². The zero-order chi connectivity index (χ0) is 14.5. The number of phenolic OH excluding ortho intramolecular Hbond substituents is 1. The first-order valence-corrected chi connectivity index (χ1v) is 6.70. The van der Waals surface area contributed by atoms with Gasteiger partial charge in [0.2, 0.25) is 0 Å². The molecule has 2 aromatic rings. The second-order valence-corrected chi connectivity index (χ2v) is 5.13. The molecule has 4 heteroatoms. The third kappa shape index (κ3) is 3.66. The summed E-state index contributed by atoms with van der Waals surface area (Å²) in [7, 11) is 0. The quantitative estimate of drug-likeness (QED) is 0.894. The summed E-state index contributed by atoms with van der Waals surface area (Å²) < 4.78 is 0. The van der Waals surface area contributed by atoms with Crippen LogP contribution in [0.5, 0.6) is 5.75 Å². The molecule has 0 saturated carbocycles. The van der Waals surface area contributed by atoms with Crippen molar-refractivity contribution in [3.8, 4) is 11.8 Å². The standard InChI is InChI=1S/C16H15ClN2O/c1-11(8-12-2-5-15(20)6-3-12)19-14-4-7-16(17)13(9-14)10-18/h2-7,9,11,19-20H,8H2,1H3. The van der Waals surface area contributed by atoms with Crippen molar-refractivity contribution in [1.82, 2.24) is 0 Å². The van der Waals surface area contributed by atoms with Crippen LogP contribution in [0.25, 0.3) is 0 Å². The molecule has 0 aliphatic rings. The number of nitrogens with zero attached hydrogens (tertiary/aromatic N) is 1. The number of halogens is 1. The van der Waals surface area contributed by atoms with E-state index in [-0.39, 0.29) is 11.8 Å². The maximum atomic E-state index is 9.25. The summed E-state index contributed by atoms with van der Waals surface area (Å²) in [4.78, 5) is 0. The van der Waals surface area contributed by atoms with Gasteiger partial charge in [-0.1, -0.05) is 23.7 Å². The maximum absolute atomic E-state index is 9.25. The van der Waals surface area contributed by atoms with E-state index in [1.54, 1.807) is 24.3 Å². The molecule has 0 amide bonds. The van der Waals surface area contributed by atoms with E-state index >= 15 is 0 Å². The molecular formula is C16H15ClN2O. The summed E-state index contributed by atoms with van der Waals surface area (Å²) in [6.07, 6.45) is 0.824. The van der Waals surface area contributed by atoms with Gasteiger partial charge in [-0.3, -0.25) is 0 Å². The smallest absolute Gasteiger partial charge is 0.115 e. The predicted molar refractivity (Wildman–Crippen MR) is 81.1 cm³/mol. The van der Waals surface area contributed by atoms with Crippen molar-refractivity contribution < 1.29 is 5.11 Å². The van der Waals surface area contributed by atoms with E-state index in [1.807, 2.05) is 18.2 Å². The summed E-state index contributed by atoms with van der Waals surface area (Å²) in [6.45, 7) is 2.06. The Kier molecular flexibility index (Phi) is 4.49. The Morgan fingerprint density at radius 2 is 1.95 bits per heavy atom. The van der Waals surface area contributed by atoms with Gasteiger partial charge in [0, 0.05) is 11.7 Å². The molecule has 0 saturated heterocycles. The van der Waals surface area contributed by atoms with Crippen molar-refractivity contribution in [2.45, 2.75) is 19.4 Å². The van der Waals surface area contributed by atoms with Crippen LogP contribution in [0.4, 0.5) is 5.69 Å². The van der Waals surface area contributed by atoms with Gasteiger partial charge in [0.1, 0.15) is 11.8 Å². The first-order chi connectivity index (χ1) is 9.58. The summed E-state index contributed by atoms with van der Waals surface area (Å²) in [5, 5.41) is 22.0. The fourth-order valence-electron chi connectivity index (χ4n) is 2.02. The molecule has 2 aromatic carbocycles. The number of benzene rings is 2. The van der Waals surface area contributed by atoms with Crippen LogP contribution in [0.2, 0.25) is 5.02 Å². The lowest BCUT2D eigenvalue weighted by Crippen LogP contribution is -2.18. The number of hydrogen-bond donors (Lipinski definition) is 2. The lowest BCUT2D eigenvalue weighted by molar-refractivity contribution is 0.475. The Morgan fingerprint density at radius 3 is 2.60 bits per heavy atom. The summed E-state index contributed by atoms with van der Waals surface area (Å²) in [5.74, 6) is 0.269. The highest BCUT2D eigenvalue weighted by molar-refractivity contribution is 6.31. The van der Waals surface area contributed by atoms with E-state index in [0.717, 1.165) is 17.7 Å². The molecule has 0 spiro atoms. The van der Waals surface area contributed by atoms with E-state index in [9.17, 15) is 5.11 Å². The number of hydrogen-bond acceptors (Lipinski definition) is 3. The molecule has 20 heavy (non-hydrogen) atoms. The molecule has 0 aliphatic heterocycles. The molecule has 0 aliphatic carbocycles. The second kappa shape index (κ2) is 6.31. The number of phenols is 1. The Bertz CT molecular complexity index is 632. The molecule has 0 bridgehead atoms. The Hall–Kier alpha value is -2.18. The SMILES string of the molecule is CC(Cc1ccc(O)cc1)Nc1ccc(Cl)c(C#N)c1. The normalized spacial score (nSPS) is 11.7. The molecule has 0 radical (unpaired) electrons. The Morgan fingerprint density at radius 1 is 1.25 bits per heavy atom. The van der Waals surface area contributed by atoms with E-state index in [1.165, 1.54) is 0 Å². The van der Waals surface area contributed by atoms with E-state index in [0.29, 0.717) is 10.6 Å². The van der Waals surface area contributed by atoms with Crippen LogP contribution in [0, 0.1) is 11.3 Å². The predicted octanol–water partition coefficient (Wildman–Crippen LogP) is 3.96. The van der Waals surface area contributed by atoms with Gasteiger partial charge >= 0.3 is 0 Å². The van der Waals surface area contributed by atoms with E-state index in [4.69, 9.17) is 16.9 Å². The van der Waals surface area contributed by atoms with Crippen molar-refractivity contribution >= 4 is 17.3 Å². The van der Waals surface area contributed by atoms with E-state index < -0.39 is 0 Å². The van der Waals surface area contributed by atoms with Crippen LogP contribution >= 0.6 is 11.6 Å². The van der Waals surface area contributed by atoms with Gasteiger partial charge in [-0.15, -0.1) is 0 Å². The number of aromatic hydroxyl groups is 1. The number of nitriles is 1. The minimum Gasteiger partial charge on any atom is -0.508 e. The van der Waals surface area contributed by atoms with Crippen LogP contribution in [-0.4, -0.2) is 11.1 Å². The first-order valence-electron chi connectivity index (χ1n) is 6.32. The maximum Gasteiger partial charge on any atom is 0.115 e. The molecule has 0 fully saturated rings. The summed E-state index contributed by atoms with van der Waals surface area (Å²) >= 11 is 5.90. The Labute approximate surface area is 123 Å². The van der Waals surface area contributed by atoms with Gasteiger partial charge in [0.25, 0.3) is 0 Å². The van der Waals surface area contributed by atoms with Crippen LogP contribution in [0.15, 0.2) is 42.5 Å². The highest BCUT2D eigenvalue weighted by atomic mass is 35.5. The largest absolute Gasteiger partial charge is 0.508 e. The molecule has 1 unspecified atom stereocenters. The third-order valence-corrected chi connectivity index (χ3v) is 3.31. The monoisotopic (exact) mass is 286 g/mol. The van der Waals surface area contributed by atoms with Gasteiger partial charge < -0.3 is 10.4 Å². The molecule has 3 nitrogen and oxygen atoms in total. The lowest BCUT2D eigenvalue weighted by Gasteiger charge is -2.16. The molecule has 2 N–H and O–H groups in total. The molecule has 2 rings (SSSR count). The minimum atomic E-state index is 0.201. The van der Waals surface area contributed by atoms with Crippen molar-refractivity contribution in [1.29, 1.82) is 5.26 Å². The summed E-state index contributed by atoms with van der Waals surface area (Å²) in [5.41, 5.74) is 2.47. The number of rotatable bonds is 4. The van der Waals surface area contributed by atoms with Gasteiger partial charge in [0.15, 0.2) is 0 Å². The fourth-order valence-corrected chi connectivity index (χ4v) is 2.18. The highest BCUT2D eigenvalue weighted by Crippen LogP contribution is 2.21. The zero-order valence-electron chi connectivity index (χ0n) is 11.1. The van der Waals surface area contributed by atoms with Gasteiger partial charge in [-0.05, 0) is 49.2 Å². The minimum absolute atomic E-state index is 0.201. The van der Waals surface area contributed by atoms with E-state index in [2.05, 4.69) is 18.3 Å². The van der Waals surface area contributed by atoms with Crippen molar-refractivity contribution in [3.05, 3.63) is 58.6 Å². The van der Waals surface area contributed by atoms with Gasteiger partial charge in [-0.2, -0.15) is 5.26 Å². The van der Waals surface area contributed by atoms with Crippen LogP contribution in [-0.2, 0) is 6.42 Å². The zero-order valence-corrected chi connectivity index (χ0v) is 11.9. The highest BCUT2D eigenvalue weighted by Gasteiger charge is 2.06. The molecule has 102 valence electrons. The van der Waals surface area contributed by atoms with Gasteiger partial charge in [-0.25, -0.2) is 0 Å². The van der Waals surface area contributed by atoms with Crippen molar-refractivity contribution in [2.75, 3.05) is 5.32 Å². The number of anilines is 1. The average Bonchev–Trinajstić information content (AvgIpc) is 2.43. The van der Waals surface area contributed by atoms with Crippen LogP contribution in [0.3, 0.4) is 0 Å². The Balaban J connectivity index is 2.03. The van der Waals surface area contributed by atoms with Crippen LogP contribution in [0.1, 0.15) is 18.1 Å². The fraction of sp³-hybridized carbons (Fsp3) is 0.188. The number of nitrogens with one attached hydrogen (secondary N) is 1. The molecule has 0 aromatic heterocycles. The molecule has 0 heterocycles. The third-order valence-electron chi connectivity index (χ3n) is 2.98. The first kappa shape index (κ1) is 14.2. The molecule has 1 atom stereocenters. The lowest BCUT2D eigenvalue weighted by atomic mass is 10.1. The van der Waals surface area contributed by atoms with Gasteiger partial charge in [0.05, 0.1) is 10.6 Å².